The van der Waals surface area contributed by atoms with Crippen LogP contribution in [-0.2, 0) is 0 Å². The molecule has 17 heavy (non-hydrogen) atoms. The zero-order valence-corrected chi connectivity index (χ0v) is 11.6. The van der Waals surface area contributed by atoms with Crippen LogP contribution in [0.2, 0.25) is 0 Å². The van der Waals surface area contributed by atoms with E-state index in [0.29, 0.717) is 0 Å². The maximum absolute atomic E-state index is 4.57. The van der Waals surface area contributed by atoms with E-state index in [9.17, 15) is 0 Å². The van der Waals surface area contributed by atoms with Crippen LogP contribution in [0.15, 0.2) is 30.5 Å². The minimum Gasteiger partial charge on any atom is -0.256 e. The molecule has 0 aromatic carbocycles. The summed E-state index contributed by atoms with van der Waals surface area (Å²) in [6.07, 6.45) is 4.07. The van der Waals surface area contributed by atoms with Crippen LogP contribution in [0.1, 0.15) is 30.0 Å². The summed E-state index contributed by atoms with van der Waals surface area (Å²) in [6, 6.07) is 6.54. The average molecular weight is 243 g/mol. The molecular formula is C15H17NS. The number of hydrogen-bond acceptors (Lipinski definition) is 2. The Morgan fingerprint density at radius 1 is 1.29 bits per heavy atom. The summed E-state index contributed by atoms with van der Waals surface area (Å²) in [7, 11) is 0. The van der Waals surface area contributed by atoms with Gasteiger partial charge < -0.3 is 0 Å². The molecular weight excluding hydrogens is 226 g/mol. The Morgan fingerprint density at radius 3 is 2.59 bits per heavy atom. The van der Waals surface area contributed by atoms with Crippen molar-refractivity contribution < 1.29 is 0 Å². The molecule has 0 atom stereocenters. The molecule has 2 aromatic rings. The third-order valence-corrected chi connectivity index (χ3v) is 3.96. The van der Waals surface area contributed by atoms with Gasteiger partial charge in [-0.25, -0.2) is 0 Å². The van der Waals surface area contributed by atoms with Gasteiger partial charge in [0.05, 0.1) is 5.69 Å². The molecule has 2 aromatic heterocycles. The maximum atomic E-state index is 4.57. The van der Waals surface area contributed by atoms with Gasteiger partial charge >= 0.3 is 0 Å². The number of allylic oxidation sites excluding steroid dienone is 2. The Bertz CT molecular complexity index is 564. The lowest BCUT2D eigenvalue weighted by atomic mass is 10.1. The Labute approximate surface area is 107 Å². The lowest BCUT2D eigenvalue weighted by Crippen LogP contribution is -1.91. The van der Waals surface area contributed by atoms with Gasteiger partial charge in [0.1, 0.15) is 0 Å². The van der Waals surface area contributed by atoms with Crippen LogP contribution in [0.25, 0.3) is 16.0 Å². The van der Waals surface area contributed by atoms with Gasteiger partial charge in [0.2, 0.25) is 0 Å². The summed E-state index contributed by atoms with van der Waals surface area (Å²) >= 11 is 1.81. The van der Waals surface area contributed by atoms with Crippen molar-refractivity contribution in [2.75, 3.05) is 0 Å². The van der Waals surface area contributed by atoms with E-state index in [1.165, 1.54) is 26.5 Å². The largest absolute Gasteiger partial charge is 0.256 e. The first-order valence-electron chi connectivity index (χ1n) is 5.78. The molecule has 0 amide bonds. The zero-order valence-electron chi connectivity index (χ0n) is 10.7. The van der Waals surface area contributed by atoms with E-state index in [0.717, 1.165) is 5.69 Å². The summed E-state index contributed by atoms with van der Waals surface area (Å²) in [6.45, 7) is 8.41. The van der Waals surface area contributed by atoms with Crippen molar-refractivity contribution >= 4 is 16.9 Å². The number of pyridine rings is 1. The summed E-state index contributed by atoms with van der Waals surface area (Å²) in [4.78, 5) is 7.21. The van der Waals surface area contributed by atoms with E-state index in [4.69, 9.17) is 0 Å². The van der Waals surface area contributed by atoms with Crippen molar-refractivity contribution in [3.63, 3.8) is 0 Å². The van der Waals surface area contributed by atoms with Crippen molar-refractivity contribution in [3.05, 3.63) is 46.6 Å². The molecule has 0 unspecified atom stereocenters. The van der Waals surface area contributed by atoms with Crippen molar-refractivity contribution in [2.45, 2.75) is 27.7 Å². The zero-order chi connectivity index (χ0) is 12.4. The Balaban J connectivity index is 2.44. The van der Waals surface area contributed by atoms with Gasteiger partial charge in [-0.1, -0.05) is 6.08 Å². The van der Waals surface area contributed by atoms with Gasteiger partial charge in [-0.05, 0) is 57.0 Å². The number of aromatic nitrogens is 1. The molecule has 2 rings (SSSR count). The number of rotatable bonds is 2. The highest BCUT2D eigenvalue weighted by atomic mass is 32.1. The highest BCUT2D eigenvalue weighted by Gasteiger charge is 2.06. The fraction of sp³-hybridized carbons (Fsp3) is 0.267. The van der Waals surface area contributed by atoms with E-state index in [-0.39, 0.29) is 0 Å². The van der Waals surface area contributed by atoms with Crippen LogP contribution >= 0.6 is 11.3 Å². The number of nitrogens with zero attached hydrogens (tertiary/aromatic N) is 1. The number of thiophene rings is 1. The van der Waals surface area contributed by atoms with Crippen LogP contribution in [0, 0.1) is 13.8 Å². The first kappa shape index (κ1) is 12.1. The molecule has 0 aliphatic heterocycles. The van der Waals surface area contributed by atoms with Gasteiger partial charge in [-0.2, -0.15) is 0 Å². The molecule has 0 saturated carbocycles. The number of hydrogen-bond donors (Lipinski definition) is 0. The third-order valence-electron chi connectivity index (χ3n) is 2.91. The predicted molar refractivity (Wildman–Crippen MR) is 76.3 cm³/mol. The average Bonchev–Trinajstić information content (AvgIpc) is 2.75. The van der Waals surface area contributed by atoms with Crippen molar-refractivity contribution in [2.24, 2.45) is 0 Å². The molecule has 0 N–H and O–H groups in total. The third kappa shape index (κ3) is 2.47. The van der Waals surface area contributed by atoms with E-state index in [2.05, 4.69) is 50.0 Å². The second kappa shape index (κ2) is 4.84. The Kier molecular flexibility index (Phi) is 3.43. The van der Waals surface area contributed by atoms with Gasteiger partial charge in [0.25, 0.3) is 0 Å². The molecule has 2 heterocycles. The summed E-state index contributed by atoms with van der Waals surface area (Å²) < 4.78 is 0. The standard InChI is InChI=1S/C15H17NS/c1-5-10(2)15-11(3)8-13(9-16-15)14-7-6-12(4)17-14/h5-9H,1-4H3/b10-5-. The molecule has 2 heteroatoms. The van der Waals surface area contributed by atoms with Crippen LogP contribution < -0.4 is 0 Å². The van der Waals surface area contributed by atoms with Gasteiger partial charge in [-0.3, -0.25) is 4.98 Å². The van der Waals surface area contributed by atoms with Crippen molar-refractivity contribution in [1.29, 1.82) is 0 Å². The minimum absolute atomic E-state index is 1.10. The molecule has 0 saturated heterocycles. The first-order valence-corrected chi connectivity index (χ1v) is 6.60. The topological polar surface area (TPSA) is 12.9 Å². The van der Waals surface area contributed by atoms with Gasteiger partial charge in [0.15, 0.2) is 0 Å². The lowest BCUT2D eigenvalue weighted by Gasteiger charge is -2.06. The van der Waals surface area contributed by atoms with E-state index in [1.807, 2.05) is 24.5 Å². The molecule has 1 nitrogen and oxygen atoms in total. The van der Waals surface area contributed by atoms with Crippen LogP contribution in [0.4, 0.5) is 0 Å². The fourth-order valence-electron chi connectivity index (χ4n) is 1.85. The van der Waals surface area contributed by atoms with Crippen LogP contribution in [-0.4, -0.2) is 4.98 Å². The Hall–Kier alpha value is -1.41. The Morgan fingerprint density at radius 2 is 2.06 bits per heavy atom. The monoisotopic (exact) mass is 243 g/mol. The molecule has 0 fully saturated rings. The first-order chi connectivity index (χ1) is 8.11. The second-order valence-corrected chi connectivity index (χ2v) is 5.56. The maximum Gasteiger partial charge on any atom is 0.0685 e. The van der Waals surface area contributed by atoms with Crippen LogP contribution in [0.5, 0.6) is 0 Å². The quantitative estimate of drug-likeness (QED) is 0.734. The highest BCUT2D eigenvalue weighted by molar-refractivity contribution is 7.15. The van der Waals surface area contributed by atoms with Crippen molar-refractivity contribution in [1.82, 2.24) is 4.98 Å². The summed E-state index contributed by atoms with van der Waals surface area (Å²) in [5.41, 5.74) is 4.79. The summed E-state index contributed by atoms with van der Waals surface area (Å²) in [5, 5.41) is 0. The smallest absolute Gasteiger partial charge is 0.0685 e. The minimum atomic E-state index is 1.10. The van der Waals surface area contributed by atoms with Gasteiger partial charge in [-0.15, -0.1) is 11.3 Å². The molecule has 0 aliphatic rings. The highest BCUT2D eigenvalue weighted by Crippen LogP contribution is 2.29. The molecule has 0 aliphatic carbocycles. The van der Waals surface area contributed by atoms with Gasteiger partial charge in [0, 0.05) is 21.5 Å². The second-order valence-electron chi connectivity index (χ2n) is 4.27. The van der Waals surface area contributed by atoms with E-state index < -0.39 is 0 Å². The SMILES string of the molecule is C/C=C(/C)c1ncc(-c2ccc(C)s2)cc1C. The predicted octanol–water partition coefficient (Wildman–Crippen LogP) is 4.85. The molecule has 88 valence electrons. The fourth-order valence-corrected chi connectivity index (χ4v) is 2.70. The van der Waals surface area contributed by atoms with E-state index in [1.54, 1.807) is 0 Å². The lowest BCUT2D eigenvalue weighted by molar-refractivity contribution is 1.21. The molecule has 0 spiro atoms. The number of aryl methyl sites for hydroxylation is 2. The molecule has 0 radical (unpaired) electrons. The molecule has 0 bridgehead atoms. The van der Waals surface area contributed by atoms with Crippen molar-refractivity contribution in [3.8, 4) is 10.4 Å². The van der Waals surface area contributed by atoms with E-state index >= 15 is 0 Å². The van der Waals surface area contributed by atoms with Crippen LogP contribution in [0.3, 0.4) is 0 Å². The summed E-state index contributed by atoms with van der Waals surface area (Å²) in [5.74, 6) is 0. The normalized spacial score (nSPS) is 11.9.